The fraction of sp³-hybridized carbons (Fsp3) is 0.929. The Balaban J connectivity index is 3.11. The maximum absolute atomic E-state index is 12.6. The van der Waals surface area contributed by atoms with Crippen molar-refractivity contribution in [2.45, 2.75) is 64.5 Å². The first kappa shape index (κ1) is 21.5. The van der Waals surface area contributed by atoms with Gasteiger partial charge in [-0.05, 0) is 46.6 Å². The molecule has 11 heteroatoms. The van der Waals surface area contributed by atoms with E-state index in [9.17, 15) is 13.2 Å². The summed E-state index contributed by atoms with van der Waals surface area (Å²) in [6, 6.07) is -0.700. The Bertz CT molecular complexity index is 636. The maximum Gasteiger partial charge on any atom is 0.412 e. The molecule has 25 heavy (non-hydrogen) atoms. The molecule has 0 saturated carbocycles. The predicted molar refractivity (Wildman–Crippen MR) is 90.2 cm³/mol. The first-order valence-electron chi connectivity index (χ1n) is 7.82. The van der Waals surface area contributed by atoms with Gasteiger partial charge in [0.25, 0.3) is 10.1 Å². The van der Waals surface area contributed by atoms with Crippen LogP contribution in [0.2, 0.25) is 0 Å². The molecular formula is C14H26N4O6S. The third-order valence-corrected chi connectivity index (χ3v) is 4.01. The topological polar surface area (TPSA) is 131 Å². The Hall–Kier alpha value is -1.55. The summed E-state index contributed by atoms with van der Waals surface area (Å²) in [5, 5.41) is 3.41. The van der Waals surface area contributed by atoms with Crippen molar-refractivity contribution in [3.63, 3.8) is 0 Å². The van der Waals surface area contributed by atoms with E-state index in [1.54, 1.807) is 34.6 Å². The van der Waals surface area contributed by atoms with Crippen molar-refractivity contribution in [2.75, 3.05) is 19.4 Å². The van der Waals surface area contributed by atoms with Crippen LogP contribution in [0.25, 0.3) is 10.4 Å². The lowest BCUT2D eigenvalue weighted by Gasteiger charge is -2.37. The van der Waals surface area contributed by atoms with Crippen LogP contribution in [-0.4, -0.2) is 62.3 Å². The first-order chi connectivity index (χ1) is 11.3. The van der Waals surface area contributed by atoms with Gasteiger partial charge in [0.2, 0.25) is 0 Å². The van der Waals surface area contributed by atoms with E-state index in [1.807, 2.05) is 0 Å². The monoisotopic (exact) mass is 378 g/mol. The van der Waals surface area contributed by atoms with E-state index in [0.717, 1.165) is 6.26 Å². The molecule has 1 fully saturated rings. The predicted octanol–water partition coefficient (Wildman–Crippen LogP) is 2.40. The fourth-order valence-corrected chi connectivity index (χ4v) is 3.21. The summed E-state index contributed by atoms with van der Waals surface area (Å²) in [6.45, 7) is 8.66. The molecule has 0 spiro atoms. The largest absolute Gasteiger partial charge is 0.444 e. The van der Waals surface area contributed by atoms with E-state index in [4.69, 9.17) is 19.2 Å². The highest BCUT2D eigenvalue weighted by molar-refractivity contribution is 7.86. The quantitative estimate of drug-likeness (QED) is 0.302. The van der Waals surface area contributed by atoms with Crippen LogP contribution >= 0.6 is 0 Å². The van der Waals surface area contributed by atoms with Crippen molar-refractivity contribution >= 4 is 16.2 Å². The molecule has 1 saturated heterocycles. The molecule has 0 aromatic rings. The van der Waals surface area contributed by atoms with Gasteiger partial charge in [-0.15, -0.1) is 0 Å². The molecule has 0 aliphatic carbocycles. The van der Waals surface area contributed by atoms with Crippen molar-refractivity contribution < 1.29 is 26.9 Å². The summed E-state index contributed by atoms with van der Waals surface area (Å²) in [4.78, 5) is 16.6. The van der Waals surface area contributed by atoms with Gasteiger partial charge in [-0.1, -0.05) is 5.11 Å². The molecule has 1 aliphatic heterocycles. The third kappa shape index (κ3) is 6.69. The third-order valence-electron chi connectivity index (χ3n) is 3.41. The van der Waals surface area contributed by atoms with Gasteiger partial charge in [0.15, 0.2) is 0 Å². The Morgan fingerprint density at radius 3 is 2.56 bits per heavy atom. The van der Waals surface area contributed by atoms with Crippen molar-refractivity contribution in [1.29, 1.82) is 0 Å². The van der Waals surface area contributed by atoms with Gasteiger partial charge < -0.3 is 9.47 Å². The fourth-order valence-electron chi connectivity index (χ4n) is 2.53. The van der Waals surface area contributed by atoms with Gasteiger partial charge in [0.05, 0.1) is 18.9 Å². The highest BCUT2D eigenvalue weighted by Crippen LogP contribution is 2.33. The minimum Gasteiger partial charge on any atom is -0.444 e. The van der Waals surface area contributed by atoms with Crippen LogP contribution in [0.15, 0.2) is 5.11 Å². The number of nitrogens with zero attached hydrogens (tertiary/aromatic N) is 4. The number of amides is 1. The molecule has 144 valence electrons. The number of hydrogen-bond donors (Lipinski definition) is 0. The molecule has 1 rings (SSSR count). The molecule has 1 heterocycles. The standard InChI is InChI=1S/C14H26N4O6S/c1-13(2,3)23-12(19)18-10(9-22-14(18,4)5)11(7-8-16-17-15)24-25(6,20)21/h10-11H,7-9H2,1-6H3/t10-,11+/m1/s1. The maximum atomic E-state index is 12.6. The summed E-state index contributed by atoms with van der Waals surface area (Å²) >= 11 is 0. The molecular weight excluding hydrogens is 352 g/mol. The van der Waals surface area contributed by atoms with Crippen molar-refractivity contribution in [3.05, 3.63) is 10.4 Å². The molecule has 0 radical (unpaired) electrons. The molecule has 0 N–H and O–H groups in total. The Morgan fingerprint density at radius 2 is 2.08 bits per heavy atom. The summed E-state index contributed by atoms with van der Waals surface area (Å²) in [7, 11) is -3.79. The summed E-state index contributed by atoms with van der Waals surface area (Å²) < 4.78 is 39.4. The minimum atomic E-state index is -3.79. The lowest BCUT2D eigenvalue weighted by Crippen LogP contribution is -2.54. The molecule has 0 unspecified atom stereocenters. The highest BCUT2D eigenvalue weighted by atomic mass is 32.2. The molecule has 1 amide bonds. The van der Waals surface area contributed by atoms with Gasteiger partial charge in [-0.3, -0.25) is 9.08 Å². The van der Waals surface area contributed by atoms with E-state index in [-0.39, 0.29) is 19.6 Å². The zero-order chi connectivity index (χ0) is 19.5. The zero-order valence-corrected chi connectivity index (χ0v) is 16.2. The van der Waals surface area contributed by atoms with Crippen LogP contribution in [0.5, 0.6) is 0 Å². The Kier molecular flexibility index (Phi) is 6.68. The molecule has 0 aromatic carbocycles. The smallest absolute Gasteiger partial charge is 0.412 e. The average Bonchev–Trinajstić information content (AvgIpc) is 2.70. The van der Waals surface area contributed by atoms with E-state index in [1.165, 1.54) is 4.90 Å². The van der Waals surface area contributed by atoms with Crippen LogP contribution in [0.3, 0.4) is 0 Å². The summed E-state index contributed by atoms with van der Waals surface area (Å²) in [5.41, 5.74) is 6.70. The van der Waals surface area contributed by atoms with Crippen LogP contribution < -0.4 is 0 Å². The zero-order valence-electron chi connectivity index (χ0n) is 15.4. The van der Waals surface area contributed by atoms with Crippen molar-refractivity contribution in [3.8, 4) is 0 Å². The Morgan fingerprint density at radius 1 is 1.48 bits per heavy atom. The van der Waals surface area contributed by atoms with Crippen LogP contribution in [-0.2, 0) is 23.8 Å². The van der Waals surface area contributed by atoms with Crippen molar-refractivity contribution in [2.24, 2.45) is 5.11 Å². The number of hydrogen-bond acceptors (Lipinski definition) is 7. The SMILES string of the molecule is CC(C)(C)OC(=O)N1[C@@H]([C@H](CCN=[N+]=[N-])OS(C)(=O)=O)COC1(C)C. The van der Waals surface area contributed by atoms with E-state index in [0.29, 0.717) is 0 Å². The molecule has 0 aromatic heterocycles. The van der Waals surface area contributed by atoms with E-state index >= 15 is 0 Å². The number of azide groups is 1. The molecule has 1 aliphatic rings. The number of carbonyl (C=O) groups excluding carboxylic acids is 1. The number of rotatable bonds is 6. The van der Waals surface area contributed by atoms with E-state index in [2.05, 4.69) is 10.0 Å². The summed E-state index contributed by atoms with van der Waals surface area (Å²) in [5.74, 6) is 0. The highest BCUT2D eigenvalue weighted by Gasteiger charge is 2.49. The van der Waals surface area contributed by atoms with Gasteiger partial charge in [-0.2, -0.15) is 8.42 Å². The normalized spacial score (nSPS) is 21.5. The van der Waals surface area contributed by atoms with Crippen LogP contribution in [0.4, 0.5) is 4.79 Å². The number of ether oxygens (including phenoxy) is 2. The second kappa shape index (κ2) is 7.77. The van der Waals surface area contributed by atoms with Gasteiger partial charge in [-0.25, -0.2) is 4.79 Å². The molecule has 0 bridgehead atoms. The lowest BCUT2D eigenvalue weighted by atomic mass is 10.1. The van der Waals surface area contributed by atoms with Crippen LogP contribution in [0.1, 0.15) is 41.0 Å². The average molecular weight is 378 g/mol. The number of carbonyl (C=O) groups is 1. The lowest BCUT2D eigenvalue weighted by molar-refractivity contribution is -0.0667. The van der Waals surface area contributed by atoms with Crippen molar-refractivity contribution in [1.82, 2.24) is 4.90 Å². The Labute approximate surface area is 148 Å². The first-order valence-corrected chi connectivity index (χ1v) is 9.64. The summed E-state index contributed by atoms with van der Waals surface area (Å²) in [6.07, 6.45) is -0.520. The van der Waals surface area contributed by atoms with Gasteiger partial charge in [0, 0.05) is 11.5 Å². The van der Waals surface area contributed by atoms with Crippen LogP contribution in [0, 0.1) is 0 Å². The molecule has 2 atom stereocenters. The van der Waals surface area contributed by atoms with Gasteiger partial charge >= 0.3 is 6.09 Å². The second-order valence-electron chi connectivity index (χ2n) is 7.26. The second-order valence-corrected chi connectivity index (χ2v) is 8.86. The van der Waals surface area contributed by atoms with Gasteiger partial charge in [0.1, 0.15) is 17.4 Å². The molecule has 10 nitrogen and oxygen atoms in total. The minimum absolute atomic E-state index is 0.0236. The van der Waals surface area contributed by atoms with E-state index < -0.39 is 39.7 Å².